The number of hydrogen-bond donors (Lipinski definition) is 2. The number of aromatic hydroxyl groups is 1. The number of aryl methyl sites for hydroxylation is 1. The number of methoxy groups -OCH3 is 1. The molecule has 138 valence electrons. The van der Waals surface area contributed by atoms with Gasteiger partial charge in [0.2, 0.25) is 5.91 Å². The zero-order chi connectivity index (χ0) is 19.2. The van der Waals surface area contributed by atoms with Gasteiger partial charge in [0, 0.05) is 17.9 Å². The number of carbonyl (C=O) groups is 1. The highest BCUT2D eigenvalue weighted by molar-refractivity contribution is 5.93. The molecule has 1 atom stereocenters. The SMILES string of the molecule is COc1ccccc1NC(=O)CC(c1ccccc1)c1ccc(C)cc1O. The predicted octanol–water partition coefficient (Wildman–Crippen LogP) is 4.87. The minimum atomic E-state index is -0.249. The van der Waals surface area contributed by atoms with Crippen molar-refractivity contribution in [2.24, 2.45) is 0 Å². The molecule has 3 aromatic rings. The topological polar surface area (TPSA) is 58.6 Å². The van der Waals surface area contributed by atoms with Crippen molar-refractivity contribution in [1.29, 1.82) is 0 Å². The fourth-order valence-corrected chi connectivity index (χ4v) is 3.18. The van der Waals surface area contributed by atoms with Gasteiger partial charge < -0.3 is 15.2 Å². The number of amides is 1. The summed E-state index contributed by atoms with van der Waals surface area (Å²) >= 11 is 0. The Morgan fingerprint density at radius 1 is 1.04 bits per heavy atom. The molecule has 4 nitrogen and oxygen atoms in total. The van der Waals surface area contributed by atoms with Gasteiger partial charge in [-0.3, -0.25) is 4.79 Å². The number of phenolic OH excluding ortho intramolecular Hbond substituents is 1. The van der Waals surface area contributed by atoms with E-state index in [0.717, 1.165) is 16.7 Å². The first-order chi connectivity index (χ1) is 13.1. The summed E-state index contributed by atoms with van der Waals surface area (Å²) in [6.07, 6.45) is 0.207. The maximum atomic E-state index is 12.8. The molecule has 0 aromatic heterocycles. The summed E-state index contributed by atoms with van der Waals surface area (Å²) in [6, 6.07) is 22.6. The Kier molecular flexibility index (Phi) is 5.77. The number of hydrogen-bond acceptors (Lipinski definition) is 3. The molecule has 2 N–H and O–H groups in total. The summed E-state index contributed by atoms with van der Waals surface area (Å²) in [5.74, 6) is 0.420. The monoisotopic (exact) mass is 361 g/mol. The molecule has 0 saturated heterocycles. The number of nitrogens with one attached hydrogen (secondary N) is 1. The van der Waals surface area contributed by atoms with Crippen LogP contribution in [0.2, 0.25) is 0 Å². The average Bonchev–Trinajstić information content (AvgIpc) is 2.68. The quantitative estimate of drug-likeness (QED) is 0.658. The second-order valence-electron chi connectivity index (χ2n) is 6.48. The number of ether oxygens (including phenoxy) is 1. The Bertz CT molecular complexity index is 922. The Morgan fingerprint density at radius 3 is 2.44 bits per heavy atom. The van der Waals surface area contributed by atoms with E-state index in [1.807, 2.05) is 61.5 Å². The molecule has 3 aromatic carbocycles. The third kappa shape index (κ3) is 4.47. The van der Waals surface area contributed by atoms with Crippen molar-refractivity contribution >= 4 is 11.6 Å². The summed E-state index contributed by atoms with van der Waals surface area (Å²) in [6.45, 7) is 1.93. The maximum absolute atomic E-state index is 12.8. The Balaban J connectivity index is 1.88. The second kappa shape index (κ2) is 8.41. The van der Waals surface area contributed by atoms with Crippen LogP contribution >= 0.6 is 0 Å². The number of anilines is 1. The van der Waals surface area contributed by atoms with E-state index in [1.165, 1.54) is 0 Å². The normalized spacial score (nSPS) is 11.6. The number of benzene rings is 3. The molecule has 0 heterocycles. The van der Waals surface area contributed by atoms with Gasteiger partial charge in [0.05, 0.1) is 12.8 Å². The van der Waals surface area contributed by atoms with E-state index in [1.54, 1.807) is 25.3 Å². The highest BCUT2D eigenvalue weighted by Crippen LogP contribution is 2.35. The van der Waals surface area contributed by atoms with E-state index < -0.39 is 0 Å². The molecule has 0 saturated carbocycles. The largest absolute Gasteiger partial charge is 0.508 e. The Morgan fingerprint density at radius 2 is 1.74 bits per heavy atom. The van der Waals surface area contributed by atoms with E-state index in [0.29, 0.717) is 11.4 Å². The van der Waals surface area contributed by atoms with E-state index in [-0.39, 0.29) is 24.0 Å². The molecular formula is C23H23NO3. The lowest BCUT2D eigenvalue weighted by molar-refractivity contribution is -0.116. The van der Waals surface area contributed by atoms with Crippen LogP contribution in [0, 0.1) is 6.92 Å². The van der Waals surface area contributed by atoms with Crippen molar-refractivity contribution in [1.82, 2.24) is 0 Å². The molecule has 0 aliphatic heterocycles. The fraction of sp³-hybridized carbons (Fsp3) is 0.174. The van der Waals surface area contributed by atoms with Crippen molar-refractivity contribution in [3.05, 3.63) is 89.5 Å². The van der Waals surface area contributed by atoms with E-state index in [2.05, 4.69) is 5.32 Å². The second-order valence-corrected chi connectivity index (χ2v) is 6.48. The van der Waals surface area contributed by atoms with Gasteiger partial charge >= 0.3 is 0 Å². The number of phenols is 1. The first-order valence-corrected chi connectivity index (χ1v) is 8.86. The standard InChI is InChI=1S/C23H23NO3/c1-16-12-13-18(21(25)14-16)19(17-8-4-3-5-9-17)15-23(26)24-20-10-6-7-11-22(20)27-2/h3-14,19,25H,15H2,1-2H3,(H,24,26). The summed E-state index contributed by atoms with van der Waals surface area (Å²) in [5, 5.41) is 13.4. The van der Waals surface area contributed by atoms with E-state index >= 15 is 0 Å². The van der Waals surface area contributed by atoms with Crippen LogP contribution in [0.5, 0.6) is 11.5 Å². The van der Waals surface area contributed by atoms with Gasteiger partial charge in [-0.05, 0) is 36.2 Å². The van der Waals surface area contributed by atoms with Crippen molar-refractivity contribution in [2.45, 2.75) is 19.3 Å². The van der Waals surface area contributed by atoms with Gasteiger partial charge in [-0.1, -0.05) is 54.6 Å². The highest BCUT2D eigenvalue weighted by atomic mass is 16.5. The van der Waals surface area contributed by atoms with Crippen LogP contribution in [0.25, 0.3) is 0 Å². The van der Waals surface area contributed by atoms with Gasteiger partial charge in [-0.25, -0.2) is 0 Å². The lowest BCUT2D eigenvalue weighted by atomic mass is 9.87. The summed E-state index contributed by atoms with van der Waals surface area (Å²) < 4.78 is 5.30. The molecule has 27 heavy (non-hydrogen) atoms. The van der Waals surface area contributed by atoms with Crippen LogP contribution in [-0.2, 0) is 4.79 Å². The van der Waals surface area contributed by atoms with Crippen molar-refractivity contribution in [3.8, 4) is 11.5 Å². The third-order valence-corrected chi connectivity index (χ3v) is 4.53. The van der Waals surface area contributed by atoms with Crippen molar-refractivity contribution in [3.63, 3.8) is 0 Å². The lowest BCUT2D eigenvalue weighted by Crippen LogP contribution is -2.17. The van der Waals surface area contributed by atoms with Crippen LogP contribution in [-0.4, -0.2) is 18.1 Å². The van der Waals surface area contributed by atoms with Crippen molar-refractivity contribution in [2.75, 3.05) is 12.4 Å². The molecule has 0 bridgehead atoms. The van der Waals surface area contributed by atoms with Crippen LogP contribution in [0.15, 0.2) is 72.8 Å². The summed E-state index contributed by atoms with van der Waals surface area (Å²) in [7, 11) is 1.57. The van der Waals surface area contributed by atoms with Crippen LogP contribution in [0.4, 0.5) is 5.69 Å². The van der Waals surface area contributed by atoms with E-state index in [4.69, 9.17) is 4.74 Å². The maximum Gasteiger partial charge on any atom is 0.225 e. The van der Waals surface area contributed by atoms with Crippen LogP contribution in [0.1, 0.15) is 29.0 Å². The molecule has 0 radical (unpaired) electrons. The van der Waals surface area contributed by atoms with Gasteiger partial charge in [0.15, 0.2) is 0 Å². The fourth-order valence-electron chi connectivity index (χ4n) is 3.18. The molecular weight excluding hydrogens is 338 g/mol. The van der Waals surface area contributed by atoms with Crippen LogP contribution in [0.3, 0.4) is 0 Å². The Labute approximate surface area is 159 Å². The van der Waals surface area contributed by atoms with Gasteiger partial charge in [0.1, 0.15) is 11.5 Å². The Hall–Kier alpha value is -3.27. The van der Waals surface area contributed by atoms with Gasteiger partial charge in [-0.15, -0.1) is 0 Å². The first kappa shape index (κ1) is 18.5. The molecule has 1 amide bonds. The lowest BCUT2D eigenvalue weighted by Gasteiger charge is -2.20. The average molecular weight is 361 g/mol. The minimum Gasteiger partial charge on any atom is -0.508 e. The van der Waals surface area contributed by atoms with Gasteiger partial charge in [0.25, 0.3) is 0 Å². The molecule has 0 aliphatic carbocycles. The molecule has 4 heteroatoms. The zero-order valence-corrected chi connectivity index (χ0v) is 15.5. The predicted molar refractivity (Wildman–Crippen MR) is 107 cm³/mol. The van der Waals surface area contributed by atoms with Crippen molar-refractivity contribution < 1.29 is 14.6 Å². The number of para-hydroxylation sites is 2. The first-order valence-electron chi connectivity index (χ1n) is 8.86. The van der Waals surface area contributed by atoms with Crippen LogP contribution < -0.4 is 10.1 Å². The molecule has 0 spiro atoms. The highest BCUT2D eigenvalue weighted by Gasteiger charge is 2.21. The molecule has 0 aliphatic rings. The molecule has 1 unspecified atom stereocenters. The van der Waals surface area contributed by atoms with E-state index in [9.17, 15) is 9.90 Å². The molecule has 3 rings (SSSR count). The smallest absolute Gasteiger partial charge is 0.225 e. The number of carbonyl (C=O) groups excluding carboxylic acids is 1. The zero-order valence-electron chi connectivity index (χ0n) is 15.5. The molecule has 0 fully saturated rings. The summed E-state index contributed by atoms with van der Waals surface area (Å²) in [5.41, 5.74) is 3.32. The van der Waals surface area contributed by atoms with Gasteiger partial charge in [-0.2, -0.15) is 0 Å². The minimum absolute atomic E-state index is 0.145. The summed E-state index contributed by atoms with van der Waals surface area (Å²) in [4.78, 5) is 12.8. The number of rotatable bonds is 6. The third-order valence-electron chi connectivity index (χ3n) is 4.53.